The smallest absolute Gasteiger partial charge is 0.161 e. The molecule has 0 saturated carbocycles. The van der Waals surface area contributed by atoms with E-state index in [1.807, 2.05) is 6.07 Å². The molecule has 2 aromatic rings. The Hall–Kier alpha value is -0.743. The Kier molecular flexibility index (Phi) is 3.60. The van der Waals surface area contributed by atoms with Gasteiger partial charge in [-0.2, -0.15) is 0 Å². The van der Waals surface area contributed by atoms with Crippen molar-refractivity contribution in [1.29, 1.82) is 0 Å². The summed E-state index contributed by atoms with van der Waals surface area (Å²) in [7, 11) is 0.0938. The minimum atomic E-state index is -1.65. The van der Waals surface area contributed by atoms with Gasteiger partial charge >= 0.3 is 0 Å². The third-order valence-electron chi connectivity index (χ3n) is 4.42. The highest BCUT2D eigenvalue weighted by molar-refractivity contribution is 9.10. The van der Waals surface area contributed by atoms with E-state index in [0.717, 1.165) is 10.2 Å². The van der Waals surface area contributed by atoms with Gasteiger partial charge in [-0.25, -0.2) is 0 Å². The lowest BCUT2D eigenvalue weighted by Crippen LogP contribution is -2.44. The molecule has 0 aliphatic rings. The molecule has 2 rings (SSSR count). The molecular formula is C15H22BrNOSi. The third-order valence-corrected chi connectivity index (χ3v) is 10.4. The molecule has 2 nitrogen and oxygen atoms in total. The van der Waals surface area contributed by atoms with E-state index in [1.165, 1.54) is 10.9 Å². The Balaban J connectivity index is 2.79. The summed E-state index contributed by atoms with van der Waals surface area (Å²) in [5.74, 6) is 0.952. The van der Waals surface area contributed by atoms with E-state index in [2.05, 4.69) is 72.4 Å². The molecule has 1 aromatic carbocycles. The molecule has 0 atom stereocenters. The molecule has 1 heterocycles. The number of hydrogen-bond acceptors (Lipinski definition) is 1. The summed E-state index contributed by atoms with van der Waals surface area (Å²) >= 11 is 3.64. The van der Waals surface area contributed by atoms with Gasteiger partial charge in [0.1, 0.15) is 5.75 Å². The van der Waals surface area contributed by atoms with E-state index >= 15 is 0 Å². The van der Waals surface area contributed by atoms with Crippen molar-refractivity contribution >= 4 is 35.1 Å². The van der Waals surface area contributed by atoms with Gasteiger partial charge in [-0.3, -0.25) is 0 Å². The summed E-state index contributed by atoms with van der Waals surface area (Å²) in [5.41, 5.74) is 1.21. The molecule has 0 aliphatic heterocycles. The summed E-state index contributed by atoms with van der Waals surface area (Å²) < 4.78 is 9.16. The van der Waals surface area contributed by atoms with Crippen LogP contribution in [0.5, 0.6) is 5.75 Å². The standard InChI is InChI=1S/C15H22BrNOSi/c1-15(2,3)19(5,6)17-10-9-11-12(16)7-8-13(18-4)14(11)17/h7-10H,1-6H3. The first-order chi connectivity index (χ1) is 8.70. The highest BCUT2D eigenvalue weighted by Gasteiger charge is 2.38. The zero-order chi connectivity index (χ0) is 14.4. The molecule has 0 radical (unpaired) electrons. The lowest BCUT2D eigenvalue weighted by Gasteiger charge is -2.38. The Bertz CT molecular complexity index is 610. The van der Waals surface area contributed by atoms with Gasteiger partial charge in [0.25, 0.3) is 0 Å². The lowest BCUT2D eigenvalue weighted by atomic mass is 10.2. The summed E-state index contributed by atoms with van der Waals surface area (Å²) in [6.45, 7) is 11.8. The molecule has 4 heteroatoms. The summed E-state index contributed by atoms with van der Waals surface area (Å²) in [4.78, 5) is 0. The van der Waals surface area contributed by atoms with Crippen molar-refractivity contribution < 1.29 is 4.74 Å². The molecule has 0 bridgehead atoms. The Morgan fingerprint density at radius 1 is 1.16 bits per heavy atom. The first kappa shape index (κ1) is 14.7. The van der Waals surface area contributed by atoms with Crippen LogP contribution in [0.15, 0.2) is 28.9 Å². The van der Waals surface area contributed by atoms with Crippen molar-refractivity contribution in [2.24, 2.45) is 0 Å². The predicted molar refractivity (Wildman–Crippen MR) is 88.8 cm³/mol. The zero-order valence-electron chi connectivity index (χ0n) is 12.5. The number of methoxy groups -OCH3 is 1. The topological polar surface area (TPSA) is 14.2 Å². The van der Waals surface area contributed by atoms with Gasteiger partial charge in [0, 0.05) is 9.86 Å². The molecule has 0 N–H and O–H groups in total. The van der Waals surface area contributed by atoms with E-state index < -0.39 is 8.24 Å². The van der Waals surface area contributed by atoms with Crippen LogP contribution in [0.25, 0.3) is 10.9 Å². The van der Waals surface area contributed by atoms with Gasteiger partial charge in [0.15, 0.2) is 8.24 Å². The van der Waals surface area contributed by atoms with Crippen LogP contribution < -0.4 is 4.74 Å². The van der Waals surface area contributed by atoms with Gasteiger partial charge in [0.2, 0.25) is 0 Å². The van der Waals surface area contributed by atoms with Crippen molar-refractivity contribution in [3.63, 3.8) is 0 Å². The van der Waals surface area contributed by atoms with Crippen LogP contribution in [0.2, 0.25) is 18.1 Å². The zero-order valence-corrected chi connectivity index (χ0v) is 15.1. The maximum absolute atomic E-state index is 5.57. The van der Waals surface area contributed by atoms with Crippen LogP contribution in [0.3, 0.4) is 0 Å². The number of fused-ring (bicyclic) bond motifs is 1. The predicted octanol–water partition coefficient (Wildman–Crippen LogP) is 5.27. The minimum absolute atomic E-state index is 0.284. The number of rotatable bonds is 2. The quantitative estimate of drug-likeness (QED) is 0.680. The van der Waals surface area contributed by atoms with Crippen molar-refractivity contribution in [2.75, 3.05) is 7.11 Å². The SMILES string of the molecule is COc1ccc(Br)c2ccn([Si](C)(C)C(C)(C)C)c12. The molecule has 104 valence electrons. The first-order valence-electron chi connectivity index (χ1n) is 6.54. The highest BCUT2D eigenvalue weighted by atomic mass is 79.9. The molecule has 0 amide bonds. The van der Waals surface area contributed by atoms with E-state index in [0.29, 0.717) is 0 Å². The van der Waals surface area contributed by atoms with Gasteiger partial charge in [-0.05, 0) is 29.4 Å². The van der Waals surface area contributed by atoms with E-state index in [-0.39, 0.29) is 5.04 Å². The van der Waals surface area contributed by atoms with Gasteiger partial charge < -0.3 is 8.97 Å². The summed E-state index contributed by atoms with van der Waals surface area (Å²) in [6.07, 6.45) is 2.22. The largest absolute Gasteiger partial charge is 0.495 e. The lowest BCUT2D eigenvalue weighted by molar-refractivity contribution is 0.418. The van der Waals surface area contributed by atoms with Crippen molar-refractivity contribution in [1.82, 2.24) is 4.23 Å². The van der Waals surface area contributed by atoms with Crippen molar-refractivity contribution in [3.8, 4) is 5.75 Å². The minimum Gasteiger partial charge on any atom is -0.495 e. The second-order valence-corrected chi connectivity index (χ2v) is 12.5. The number of hydrogen-bond donors (Lipinski definition) is 0. The van der Waals surface area contributed by atoms with Crippen molar-refractivity contribution in [3.05, 3.63) is 28.9 Å². The van der Waals surface area contributed by atoms with Crippen LogP contribution in [0, 0.1) is 0 Å². The van der Waals surface area contributed by atoms with E-state index in [1.54, 1.807) is 7.11 Å². The fourth-order valence-electron chi connectivity index (χ4n) is 2.19. The molecule has 0 fully saturated rings. The second kappa shape index (κ2) is 4.67. The normalized spacial score (nSPS) is 13.0. The van der Waals surface area contributed by atoms with Gasteiger partial charge in [0.05, 0.1) is 12.6 Å². The molecular weight excluding hydrogens is 318 g/mol. The second-order valence-electron chi connectivity index (χ2n) is 6.51. The van der Waals surface area contributed by atoms with Crippen LogP contribution in [-0.4, -0.2) is 19.6 Å². The number of benzene rings is 1. The molecule has 0 unspecified atom stereocenters. The molecule has 1 aromatic heterocycles. The van der Waals surface area contributed by atoms with E-state index in [9.17, 15) is 0 Å². The van der Waals surface area contributed by atoms with Crippen LogP contribution in [0.4, 0.5) is 0 Å². The monoisotopic (exact) mass is 339 g/mol. The van der Waals surface area contributed by atoms with Crippen LogP contribution in [-0.2, 0) is 0 Å². The number of halogens is 1. The van der Waals surface area contributed by atoms with Crippen LogP contribution in [0.1, 0.15) is 20.8 Å². The molecule has 0 saturated heterocycles. The number of ether oxygens (including phenoxy) is 1. The fourth-order valence-corrected chi connectivity index (χ4v) is 4.60. The maximum atomic E-state index is 5.57. The average molecular weight is 340 g/mol. The number of nitrogens with zero attached hydrogens (tertiary/aromatic N) is 1. The molecule has 0 aliphatic carbocycles. The van der Waals surface area contributed by atoms with Gasteiger partial charge in [-0.1, -0.05) is 49.8 Å². The first-order valence-corrected chi connectivity index (χ1v) is 10.3. The number of aromatic nitrogens is 1. The highest BCUT2D eigenvalue weighted by Crippen LogP contribution is 2.41. The summed E-state index contributed by atoms with van der Waals surface area (Å²) in [5, 5.41) is 1.51. The summed E-state index contributed by atoms with van der Waals surface area (Å²) in [6, 6.07) is 6.27. The Morgan fingerprint density at radius 2 is 1.79 bits per heavy atom. The maximum Gasteiger partial charge on any atom is 0.161 e. The Morgan fingerprint density at radius 3 is 2.32 bits per heavy atom. The molecule has 0 spiro atoms. The Labute approximate surface area is 125 Å². The molecule has 19 heavy (non-hydrogen) atoms. The van der Waals surface area contributed by atoms with Gasteiger partial charge in [-0.15, -0.1) is 0 Å². The fraction of sp³-hybridized carbons (Fsp3) is 0.467. The van der Waals surface area contributed by atoms with Crippen LogP contribution >= 0.6 is 15.9 Å². The van der Waals surface area contributed by atoms with E-state index in [4.69, 9.17) is 4.74 Å². The third kappa shape index (κ3) is 2.25. The average Bonchev–Trinajstić information content (AvgIpc) is 2.74. The van der Waals surface area contributed by atoms with Crippen molar-refractivity contribution in [2.45, 2.75) is 38.9 Å².